The molecule has 0 aromatic heterocycles. The minimum Gasteiger partial charge on any atom is -0.440 e. The first-order chi connectivity index (χ1) is 9.63. The Bertz CT molecular complexity index is 753. The third-order valence-corrected chi connectivity index (χ3v) is 3.83. The molecule has 2 N–H and O–H groups in total. The minimum absolute atomic E-state index is 0.0187. The molecule has 0 saturated carbocycles. The van der Waals surface area contributed by atoms with Gasteiger partial charge in [-0.15, -0.1) is 0 Å². The van der Waals surface area contributed by atoms with Gasteiger partial charge in [0.15, 0.2) is 0 Å². The monoisotopic (exact) mass is 264 g/mol. The maximum absolute atomic E-state index is 9.41. The Balaban J connectivity index is 2.35. The van der Waals surface area contributed by atoms with Crippen molar-refractivity contribution >= 4 is 10.8 Å². The number of allylic oxidation sites excluding steroid dienone is 1. The molecule has 0 aliphatic carbocycles. The number of hydrogen-bond donors (Lipinski definition) is 1. The number of nitrogens with two attached hydrogens (primary N) is 1. The Morgan fingerprint density at radius 3 is 2.65 bits per heavy atom. The van der Waals surface area contributed by atoms with Crippen LogP contribution in [0, 0.1) is 17.2 Å². The SMILES string of the molecule is CC(C)[C@@H]1C(C#N)=C(N)Oc2ccc3ccccc3c21. The number of nitrogens with zero attached hydrogens (tertiary/aromatic N) is 1. The zero-order chi connectivity index (χ0) is 14.3. The lowest BCUT2D eigenvalue weighted by atomic mass is 9.79. The highest BCUT2D eigenvalue weighted by Crippen LogP contribution is 2.45. The van der Waals surface area contributed by atoms with Crippen LogP contribution in [-0.4, -0.2) is 0 Å². The molecule has 0 unspecified atom stereocenters. The number of ether oxygens (including phenoxy) is 1. The molecule has 0 spiro atoms. The van der Waals surface area contributed by atoms with Crippen molar-refractivity contribution in [3.63, 3.8) is 0 Å². The van der Waals surface area contributed by atoms with Crippen molar-refractivity contribution in [2.75, 3.05) is 0 Å². The summed E-state index contributed by atoms with van der Waals surface area (Å²) in [5.74, 6) is 1.25. The maximum Gasteiger partial charge on any atom is 0.205 e. The summed E-state index contributed by atoms with van der Waals surface area (Å²) in [5, 5.41) is 11.7. The number of hydrogen-bond acceptors (Lipinski definition) is 3. The lowest BCUT2D eigenvalue weighted by Crippen LogP contribution is -2.23. The van der Waals surface area contributed by atoms with Crippen molar-refractivity contribution < 1.29 is 4.74 Å². The molecule has 2 aromatic rings. The molecule has 3 heteroatoms. The molecule has 2 aromatic carbocycles. The van der Waals surface area contributed by atoms with E-state index in [4.69, 9.17) is 10.5 Å². The second kappa shape index (κ2) is 4.57. The normalized spacial score (nSPS) is 17.8. The molecule has 1 aliphatic rings. The molecule has 3 rings (SSSR count). The molecule has 1 atom stereocenters. The summed E-state index contributed by atoms with van der Waals surface area (Å²) in [7, 11) is 0. The molecular formula is C17H16N2O. The Morgan fingerprint density at radius 2 is 1.95 bits per heavy atom. The summed E-state index contributed by atoms with van der Waals surface area (Å²) in [4.78, 5) is 0. The van der Waals surface area contributed by atoms with E-state index in [9.17, 15) is 5.26 Å². The molecule has 0 fully saturated rings. The van der Waals surface area contributed by atoms with Crippen LogP contribution in [0.2, 0.25) is 0 Å². The van der Waals surface area contributed by atoms with Gasteiger partial charge in [0.25, 0.3) is 0 Å². The molecule has 0 bridgehead atoms. The van der Waals surface area contributed by atoms with Crippen LogP contribution >= 0.6 is 0 Å². The number of benzene rings is 2. The van der Waals surface area contributed by atoms with E-state index in [1.54, 1.807) is 0 Å². The quantitative estimate of drug-likeness (QED) is 0.855. The minimum atomic E-state index is -0.0187. The van der Waals surface area contributed by atoms with Crippen LogP contribution in [0.25, 0.3) is 10.8 Å². The lowest BCUT2D eigenvalue weighted by molar-refractivity contribution is 0.374. The van der Waals surface area contributed by atoms with Gasteiger partial charge in [-0.05, 0) is 22.8 Å². The van der Waals surface area contributed by atoms with Gasteiger partial charge >= 0.3 is 0 Å². The Labute approximate surface area is 118 Å². The highest BCUT2D eigenvalue weighted by Gasteiger charge is 2.32. The summed E-state index contributed by atoms with van der Waals surface area (Å²) in [6.45, 7) is 4.21. The van der Waals surface area contributed by atoms with E-state index in [0.29, 0.717) is 5.57 Å². The predicted molar refractivity (Wildman–Crippen MR) is 79.0 cm³/mol. The smallest absolute Gasteiger partial charge is 0.205 e. The van der Waals surface area contributed by atoms with Crippen LogP contribution < -0.4 is 10.5 Å². The molecule has 100 valence electrons. The van der Waals surface area contributed by atoms with Gasteiger partial charge in [-0.1, -0.05) is 44.2 Å². The Kier molecular flexibility index (Phi) is 2.87. The summed E-state index contributed by atoms with van der Waals surface area (Å²) < 4.78 is 5.66. The number of nitriles is 1. The van der Waals surface area contributed by atoms with Gasteiger partial charge in [0.05, 0.1) is 5.57 Å². The van der Waals surface area contributed by atoms with Gasteiger partial charge in [-0.2, -0.15) is 5.26 Å². The first-order valence-electron chi connectivity index (χ1n) is 6.72. The van der Waals surface area contributed by atoms with Gasteiger partial charge in [0.2, 0.25) is 5.88 Å². The second-order valence-corrected chi connectivity index (χ2v) is 5.41. The van der Waals surface area contributed by atoms with E-state index in [0.717, 1.165) is 22.1 Å². The largest absolute Gasteiger partial charge is 0.440 e. The van der Waals surface area contributed by atoms with E-state index >= 15 is 0 Å². The zero-order valence-electron chi connectivity index (χ0n) is 11.6. The van der Waals surface area contributed by atoms with Crippen LogP contribution in [0.1, 0.15) is 25.3 Å². The topological polar surface area (TPSA) is 59.0 Å². The summed E-state index contributed by atoms with van der Waals surface area (Å²) in [6.07, 6.45) is 0. The average Bonchev–Trinajstić information content (AvgIpc) is 2.45. The molecule has 3 nitrogen and oxygen atoms in total. The fourth-order valence-electron chi connectivity index (χ4n) is 2.95. The van der Waals surface area contributed by atoms with E-state index in [2.05, 4.69) is 32.0 Å². The third-order valence-electron chi connectivity index (χ3n) is 3.83. The van der Waals surface area contributed by atoms with Crippen molar-refractivity contribution in [2.24, 2.45) is 11.7 Å². The molecule has 0 saturated heterocycles. The van der Waals surface area contributed by atoms with E-state index in [1.165, 1.54) is 0 Å². The van der Waals surface area contributed by atoms with E-state index in [-0.39, 0.29) is 17.7 Å². The highest BCUT2D eigenvalue weighted by atomic mass is 16.5. The lowest BCUT2D eigenvalue weighted by Gasteiger charge is -2.29. The van der Waals surface area contributed by atoms with Crippen molar-refractivity contribution in [2.45, 2.75) is 19.8 Å². The van der Waals surface area contributed by atoms with E-state index < -0.39 is 0 Å². The molecule has 0 radical (unpaired) electrons. The van der Waals surface area contributed by atoms with Crippen LogP contribution in [-0.2, 0) is 0 Å². The molecule has 1 aliphatic heterocycles. The summed E-state index contributed by atoms with van der Waals surface area (Å²) in [5.41, 5.74) is 7.52. The average molecular weight is 264 g/mol. The fourth-order valence-corrected chi connectivity index (χ4v) is 2.95. The zero-order valence-corrected chi connectivity index (χ0v) is 11.6. The number of fused-ring (bicyclic) bond motifs is 3. The van der Waals surface area contributed by atoms with Gasteiger partial charge < -0.3 is 10.5 Å². The molecule has 0 amide bonds. The Hall–Kier alpha value is -2.47. The van der Waals surface area contributed by atoms with Crippen molar-refractivity contribution in [1.29, 1.82) is 5.26 Å². The predicted octanol–water partition coefficient (Wildman–Crippen LogP) is 3.67. The van der Waals surface area contributed by atoms with E-state index in [1.807, 2.05) is 24.3 Å². The van der Waals surface area contributed by atoms with Crippen molar-refractivity contribution in [1.82, 2.24) is 0 Å². The van der Waals surface area contributed by atoms with Gasteiger partial charge in [-0.3, -0.25) is 0 Å². The van der Waals surface area contributed by atoms with Crippen LogP contribution in [0.3, 0.4) is 0 Å². The van der Waals surface area contributed by atoms with Gasteiger partial charge in [0.1, 0.15) is 11.8 Å². The first-order valence-corrected chi connectivity index (χ1v) is 6.72. The molecule has 1 heterocycles. The maximum atomic E-state index is 9.41. The van der Waals surface area contributed by atoms with Crippen LogP contribution in [0.5, 0.6) is 5.75 Å². The summed E-state index contributed by atoms with van der Waals surface area (Å²) in [6, 6.07) is 14.3. The summed E-state index contributed by atoms with van der Waals surface area (Å²) >= 11 is 0. The highest BCUT2D eigenvalue weighted by molar-refractivity contribution is 5.89. The fraction of sp³-hybridized carbons (Fsp3) is 0.235. The van der Waals surface area contributed by atoms with Crippen molar-refractivity contribution in [3.05, 3.63) is 53.4 Å². The van der Waals surface area contributed by atoms with Gasteiger partial charge in [-0.25, -0.2) is 0 Å². The number of rotatable bonds is 1. The third kappa shape index (κ3) is 1.73. The second-order valence-electron chi connectivity index (χ2n) is 5.41. The first kappa shape index (κ1) is 12.6. The molecular weight excluding hydrogens is 248 g/mol. The molecule has 20 heavy (non-hydrogen) atoms. The van der Waals surface area contributed by atoms with Crippen molar-refractivity contribution in [3.8, 4) is 11.8 Å². The van der Waals surface area contributed by atoms with Gasteiger partial charge in [0, 0.05) is 11.5 Å². The van der Waals surface area contributed by atoms with Crippen LogP contribution in [0.4, 0.5) is 0 Å². The standard InChI is InChI=1S/C17H16N2O/c1-10(2)15-13(9-18)17(19)20-14-8-7-11-5-3-4-6-12(11)16(14)15/h3-8,10,15H,19H2,1-2H3/t15-/m1/s1. The Morgan fingerprint density at radius 1 is 1.20 bits per heavy atom. The van der Waals surface area contributed by atoms with Crippen LogP contribution in [0.15, 0.2) is 47.9 Å².